The molecule has 0 saturated carbocycles. The number of piperidine rings is 1. The molecule has 1 aliphatic heterocycles. The van der Waals surface area contributed by atoms with Crippen LogP contribution in [0.1, 0.15) is 25.6 Å². The van der Waals surface area contributed by atoms with Gasteiger partial charge in [-0.15, -0.1) is 0 Å². The molecule has 0 amide bonds. The molecule has 2 aromatic rings. The third kappa shape index (κ3) is 2.72. The number of para-hydroxylation sites is 2. The molecule has 4 nitrogen and oxygen atoms in total. The van der Waals surface area contributed by atoms with Crippen LogP contribution in [0.15, 0.2) is 24.3 Å². The fourth-order valence-electron chi connectivity index (χ4n) is 3.10. The van der Waals surface area contributed by atoms with Crippen molar-refractivity contribution >= 4 is 11.0 Å². The molecule has 4 heteroatoms. The van der Waals surface area contributed by atoms with Crippen LogP contribution in [0.3, 0.4) is 0 Å². The molecule has 1 fully saturated rings. The highest BCUT2D eigenvalue weighted by Crippen LogP contribution is 2.15. The van der Waals surface area contributed by atoms with E-state index in [-0.39, 0.29) is 0 Å². The molecular weight excluding hydrogens is 248 g/mol. The molecule has 0 aliphatic carbocycles. The molecule has 1 N–H and O–H groups in total. The molecule has 1 aromatic heterocycles. The summed E-state index contributed by atoms with van der Waals surface area (Å²) in [7, 11) is 2.10. The number of aromatic nitrogens is 2. The Morgan fingerprint density at radius 3 is 3.00 bits per heavy atom. The van der Waals surface area contributed by atoms with Gasteiger partial charge in [0, 0.05) is 19.6 Å². The first-order chi connectivity index (χ1) is 9.78. The average Bonchev–Trinajstić information content (AvgIpc) is 2.82. The smallest absolute Gasteiger partial charge is 0.123 e. The number of hydrogen-bond donors (Lipinski definition) is 1. The Morgan fingerprint density at radius 1 is 1.35 bits per heavy atom. The highest BCUT2D eigenvalue weighted by atomic mass is 15.2. The van der Waals surface area contributed by atoms with E-state index in [9.17, 15) is 0 Å². The van der Waals surface area contributed by atoms with Gasteiger partial charge in [-0.3, -0.25) is 0 Å². The Morgan fingerprint density at radius 2 is 2.20 bits per heavy atom. The van der Waals surface area contributed by atoms with E-state index in [0.717, 1.165) is 24.4 Å². The van der Waals surface area contributed by atoms with E-state index in [1.54, 1.807) is 0 Å². The molecule has 1 atom stereocenters. The van der Waals surface area contributed by atoms with Gasteiger partial charge in [0.25, 0.3) is 0 Å². The van der Waals surface area contributed by atoms with E-state index >= 15 is 0 Å². The third-order valence-corrected chi connectivity index (χ3v) is 4.38. The van der Waals surface area contributed by atoms with E-state index in [1.807, 2.05) is 6.07 Å². The van der Waals surface area contributed by atoms with Crippen molar-refractivity contribution in [1.82, 2.24) is 19.8 Å². The number of benzene rings is 1. The van der Waals surface area contributed by atoms with Gasteiger partial charge in [-0.1, -0.05) is 19.1 Å². The van der Waals surface area contributed by atoms with Crippen LogP contribution in [0, 0.1) is 0 Å². The van der Waals surface area contributed by atoms with Crippen molar-refractivity contribution in [2.75, 3.05) is 19.6 Å². The van der Waals surface area contributed by atoms with E-state index < -0.39 is 0 Å². The Kier molecular flexibility index (Phi) is 4.03. The quantitative estimate of drug-likeness (QED) is 0.926. The number of rotatable bonds is 4. The maximum Gasteiger partial charge on any atom is 0.123 e. The summed E-state index contributed by atoms with van der Waals surface area (Å²) in [6.45, 7) is 6.67. The molecule has 0 bridgehead atoms. The largest absolute Gasteiger partial charge is 0.330 e. The first-order valence-electron chi connectivity index (χ1n) is 7.64. The Balaban J connectivity index is 1.66. The van der Waals surface area contributed by atoms with Crippen molar-refractivity contribution in [1.29, 1.82) is 0 Å². The van der Waals surface area contributed by atoms with Gasteiger partial charge in [0.15, 0.2) is 0 Å². The van der Waals surface area contributed by atoms with Gasteiger partial charge in [0.05, 0.1) is 17.6 Å². The summed E-state index contributed by atoms with van der Waals surface area (Å²) in [6.07, 6.45) is 2.58. The third-order valence-electron chi connectivity index (χ3n) is 4.38. The Bertz CT molecular complexity index is 575. The minimum atomic E-state index is 0.600. The summed E-state index contributed by atoms with van der Waals surface area (Å²) in [5.41, 5.74) is 2.30. The summed E-state index contributed by atoms with van der Waals surface area (Å²) < 4.78 is 2.20. The van der Waals surface area contributed by atoms with Gasteiger partial charge >= 0.3 is 0 Å². The highest BCUT2D eigenvalue weighted by Gasteiger charge is 2.18. The summed E-state index contributed by atoms with van der Waals surface area (Å²) in [4.78, 5) is 7.25. The predicted octanol–water partition coefficient (Wildman–Crippen LogP) is 2.15. The second-order valence-corrected chi connectivity index (χ2v) is 5.69. The molecule has 20 heavy (non-hydrogen) atoms. The van der Waals surface area contributed by atoms with Gasteiger partial charge in [-0.2, -0.15) is 0 Å². The van der Waals surface area contributed by atoms with Crippen LogP contribution >= 0.6 is 0 Å². The van der Waals surface area contributed by atoms with Crippen molar-refractivity contribution in [2.45, 2.75) is 32.4 Å². The molecular formula is C16H24N4. The Labute approximate surface area is 120 Å². The van der Waals surface area contributed by atoms with Crippen molar-refractivity contribution in [2.24, 2.45) is 7.05 Å². The first kappa shape index (κ1) is 13.6. The first-order valence-corrected chi connectivity index (χ1v) is 7.64. The zero-order valence-electron chi connectivity index (χ0n) is 12.5. The highest BCUT2D eigenvalue weighted by molar-refractivity contribution is 5.75. The van der Waals surface area contributed by atoms with Crippen molar-refractivity contribution < 1.29 is 0 Å². The monoisotopic (exact) mass is 272 g/mol. The molecule has 1 aromatic carbocycles. The number of likely N-dealkylation sites (tertiary alicyclic amines) is 1. The summed E-state index contributed by atoms with van der Waals surface area (Å²) in [6, 6.07) is 8.93. The number of nitrogens with zero attached hydrogens (tertiary/aromatic N) is 3. The molecule has 1 unspecified atom stereocenters. The molecule has 0 spiro atoms. The van der Waals surface area contributed by atoms with Crippen LogP contribution in [-0.4, -0.2) is 40.1 Å². The lowest BCUT2D eigenvalue weighted by Crippen LogP contribution is -2.45. The van der Waals surface area contributed by atoms with Crippen LogP contribution in [-0.2, 0) is 13.6 Å². The molecule has 0 radical (unpaired) electrons. The molecule has 108 valence electrons. The zero-order valence-corrected chi connectivity index (χ0v) is 12.5. The summed E-state index contributed by atoms with van der Waals surface area (Å²) >= 11 is 0. The fourth-order valence-corrected chi connectivity index (χ4v) is 3.10. The molecule has 2 heterocycles. The maximum atomic E-state index is 4.72. The van der Waals surface area contributed by atoms with E-state index in [4.69, 9.17) is 4.98 Å². The van der Waals surface area contributed by atoms with E-state index in [2.05, 4.69) is 47.0 Å². The van der Waals surface area contributed by atoms with Gasteiger partial charge in [0.2, 0.25) is 0 Å². The number of hydrogen-bond acceptors (Lipinski definition) is 3. The maximum absolute atomic E-state index is 4.72. The van der Waals surface area contributed by atoms with Gasteiger partial charge in [0.1, 0.15) is 5.82 Å². The van der Waals surface area contributed by atoms with Crippen LogP contribution in [0.5, 0.6) is 0 Å². The van der Waals surface area contributed by atoms with E-state index in [0.29, 0.717) is 6.04 Å². The van der Waals surface area contributed by atoms with Gasteiger partial charge < -0.3 is 14.8 Å². The second kappa shape index (κ2) is 5.94. The van der Waals surface area contributed by atoms with Crippen LogP contribution < -0.4 is 5.32 Å². The van der Waals surface area contributed by atoms with Gasteiger partial charge in [-0.25, -0.2) is 4.98 Å². The lowest BCUT2D eigenvalue weighted by atomic mass is 10.1. The van der Waals surface area contributed by atoms with Crippen molar-refractivity contribution in [3.8, 4) is 0 Å². The average molecular weight is 272 g/mol. The lowest BCUT2D eigenvalue weighted by molar-refractivity contribution is 0.197. The standard InChI is InChI=1S/C16H24N4/c1-3-20-10-6-7-13(12-20)17-11-16-18-14-8-4-5-9-15(14)19(16)2/h4-5,8-9,13,17H,3,6-7,10-12H2,1-2H3. The number of nitrogens with one attached hydrogen (secondary N) is 1. The van der Waals surface area contributed by atoms with Gasteiger partial charge in [-0.05, 0) is 38.1 Å². The zero-order chi connectivity index (χ0) is 13.9. The van der Waals surface area contributed by atoms with Crippen molar-refractivity contribution in [3.63, 3.8) is 0 Å². The summed E-state index contributed by atoms with van der Waals surface area (Å²) in [5.74, 6) is 1.12. The minimum absolute atomic E-state index is 0.600. The summed E-state index contributed by atoms with van der Waals surface area (Å²) in [5, 5.41) is 3.68. The fraction of sp³-hybridized carbons (Fsp3) is 0.562. The van der Waals surface area contributed by atoms with Crippen LogP contribution in [0.4, 0.5) is 0 Å². The topological polar surface area (TPSA) is 33.1 Å². The molecule has 1 aliphatic rings. The number of likely N-dealkylation sites (N-methyl/N-ethyl adjacent to an activating group) is 1. The van der Waals surface area contributed by atoms with E-state index in [1.165, 1.54) is 31.4 Å². The molecule has 3 rings (SSSR count). The molecule has 1 saturated heterocycles. The normalized spacial score (nSPS) is 20.6. The Hall–Kier alpha value is -1.39. The van der Waals surface area contributed by atoms with Crippen molar-refractivity contribution in [3.05, 3.63) is 30.1 Å². The number of fused-ring (bicyclic) bond motifs is 1. The van der Waals surface area contributed by atoms with Crippen LogP contribution in [0.2, 0.25) is 0 Å². The van der Waals surface area contributed by atoms with Crippen LogP contribution in [0.25, 0.3) is 11.0 Å². The predicted molar refractivity (Wildman–Crippen MR) is 82.7 cm³/mol. The number of aryl methyl sites for hydroxylation is 1. The SMILES string of the molecule is CCN1CCCC(NCc2nc3ccccc3n2C)C1. The minimum Gasteiger partial charge on any atom is -0.330 e. The second-order valence-electron chi connectivity index (χ2n) is 5.69. The number of imidazole rings is 1. The lowest BCUT2D eigenvalue weighted by Gasteiger charge is -2.32.